The van der Waals surface area contributed by atoms with E-state index < -0.39 is 109 Å². The van der Waals surface area contributed by atoms with E-state index in [2.05, 4.69) is 67.7 Å². The lowest BCUT2D eigenvalue weighted by atomic mass is 10.0. The second-order valence-corrected chi connectivity index (χ2v) is 22.9. The molecular weight excluding hydrogens is 1210 g/mol. The van der Waals surface area contributed by atoms with Crippen LogP contribution in [0, 0.1) is 0 Å². The van der Waals surface area contributed by atoms with Gasteiger partial charge in [0.05, 0.1) is 42.8 Å². The molecule has 29 nitrogen and oxygen atoms in total. The Morgan fingerprint density at radius 1 is 0.447 bits per heavy atom. The highest BCUT2D eigenvalue weighted by Crippen LogP contribution is 2.13. The molecule has 0 aliphatic rings. The number of carbonyl (C=O) groups excluding carboxylic acids is 8. The molecule has 5 aromatic rings. The Bertz CT molecular complexity index is 3060. The second kappa shape index (κ2) is 42.9. The SMILES string of the molecule is NCCCC[C@H](NC(=O)[C@H](Cc1ccccc1)NC(=O)[C@H](CCCCN)NC(=O)CNC(=O)[C@H](Cc1cn(CCN(Cc2ccccn2)Cc2ccccn2)nn1)NC(=O)CNC(=O)[C@H](CCCCN)NC(=O)[C@H](Cc1ccccc1)NC(=O)[C@@H](N)CCCCN)C(=O)O. The normalized spacial score (nSPS) is 13.4. The Kier molecular flexibility index (Phi) is 34.5. The summed E-state index contributed by atoms with van der Waals surface area (Å²) in [6.45, 7) is 1.73. The lowest BCUT2D eigenvalue weighted by Gasteiger charge is -2.25. The third-order valence-electron chi connectivity index (χ3n) is 15.2. The third kappa shape index (κ3) is 28.8. The highest BCUT2D eigenvalue weighted by Gasteiger charge is 2.32. The van der Waals surface area contributed by atoms with Gasteiger partial charge in [-0.05, 0) is 132 Å². The van der Waals surface area contributed by atoms with Crippen molar-refractivity contribution in [2.45, 2.75) is 158 Å². The number of aliphatic carboxylic acids is 1. The van der Waals surface area contributed by atoms with Crippen LogP contribution in [0.3, 0.4) is 0 Å². The number of carboxylic acid groups (broad SMARTS) is 1. The minimum absolute atomic E-state index is 0.0246. The number of aromatic nitrogens is 5. The number of unbranched alkanes of at least 4 members (excludes halogenated alkanes) is 4. The fourth-order valence-corrected chi connectivity index (χ4v) is 10.1. The van der Waals surface area contributed by atoms with Crippen molar-refractivity contribution in [3.63, 3.8) is 0 Å². The van der Waals surface area contributed by atoms with Gasteiger partial charge in [0.2, 0.25) is 47.3 Å². The molecule has 510 valence electrons. The number of carboxylic acids is 1. The molecule has 0 spiro atoms. The lowest BCUT2D eigenvalue weighted by Crippen LogP contribution is -2.57. The number of carbonyl (C=O) groups is 9. The van der Waals surface area contributed by atoms with Crippen molar-refractivity contribution in [3.8, 4) is 0 Å². The van der Waals surface area contributed by atoms with Gasteiger partial charge >= 0.3 is 5.97 Å². The molecule has 0 unspecified atom stereocenters. The summed E-state index contributed by atoms with van der Waals surface area (Å²) in [6, 6.07) is 20.5. The Labute approximate surface area is 548 Å². The molecule has 0 saturated heterocycles. The van der Waals surface area contributed by atoms with Crippen molar-refractivity contribution in [3.05, 3.63) is 144 Å². The summed E-state index contributed by atoms with van der Waals surface area (Å²) < 4.78 is 1.58. The van der Waals surface area contributed by atoms with Crippen LogP contribution < -0.4 is 71.2 Å². The number of nitrogens with zero attached hydrogens (tertiary/aromatic N) is 6. The molecule has 5 rings (SSSR count). The molecule has 3 heterocycles. The van der Waals surface area contributed by atoms with Crippen LogP contribution in [0.2, 0.25) is 0 Å². The van der Waals surface area contributed by atoms with Crippen LogP contribution in [-0.2, 0) is 82.0 Å². The van der Waals surface area contributed by atoms with E-state index in [0.29, 0.717) is 109 Å². The first-order valence-electron chi connectivity index (χ1n) is 32.1. The van der Waals surface area contributed by atoms with Crippen molar-refractivity contribution >= 4 is 53.2 Å². The van der Waals surface area contributed by atoms with Crippen LogP contribution in [0.4, 0.5) is 0 Å². The Morgan fingerprint density at radius 3 is 1.33 bits per heavy atom. The number of nitrogens with one attached hydrogen (secondary N) is 8. The van der Waals surface area contributed by atoms with E-state index in [-0.39, 0.29) is 50.8 Å². The van der Waals surface area contributed by atoms with E-state index in [4.69, 9.17) is 28.7 Å². The molecule has 29 heteroatoms. The summed E-state index contributed by atoms with van der Waals surface area (Å²) in [7, 11) is 0. The average molecular weight is 1300 g/mol. The fourth-order valence-electron chi connectivity index (χ4n) is 10.1. The summed E-state index contributed by atoms with van der Waals surface area (Å²) in [6.07, 6.45) is 9.40. The Balaban J connectivity index is 1.34. The van der Waals surface area contributed by atoms with Gasteiger partial charge in [-0.3, -0.25) is 57.9 Å². The van der Waals surface area contributed by atoms with E-state index in [9.17, 15) is 48.3 Å². The minimum atomic E-state index is -1.44. The maximum absolute atomic E-state index is 14.3. The summed E-state index contributed by atoms with van der Waals surface area (Å²) in [5.74, 6) is -7.28. The van der Waals surface area contributed by atoms with Gasteiger partial charge in [-0.15, -0.1) is 5.10 Å². The average Bonchev–Trinajstić information content (AvgIpc) is 1.59. The first kappa shape index (κ1) is 75.6. The largest absolute Gasteiger partial charge is 0.480 e. The molecule has 0 saturated carbocycles. The number of rotatable bonds is 46. The predicted octanol–water partition coefficient (Wildman–Crippen LogP) is -1.13. The highest BCUT2D eigenvalue weighted by molar-refractivity contribution is 5.97. The van der Waals surface area contributed by atoms with Gasteiger partial charge in [-0.1, -0.05) is 84.4 Å². The molecule has 94 heavy (non-hydrogen) atoms. The highest BCUT2D eigenvalue weighted by atomic mass is 16.4. The molecule has 3 aromatic heterocycles. The maximum atomic E-state index is 14.3. The second-order valence-electron chi connectivity index (χ2n) is 22.9. The summed E-state index contributed by atoms with van der Waals surface area (Å²) >= 11 is 0. The van der Waals surface area contributed by atoms with E-state index in [1.54, 1.807) is 77.9 Å². The molecule has 0 aliphatic carbocycles. The van der Waals surface area contributed by atoms with Crippen molar-refractivity contribution < 1.29 is 48.3 Å². The topological polar surface area (TPSA) is 460 Å². The van der Waals surface area contributed by atoms with Crippen LogP contribution >= 0.6 is 0 Å². The number of hydrogen-bond acceptors (Lipinski definition) is 19. The van der Waals surface area contributed by atoms with Gasteiger partial charge in [0.15, 0.2) is 0 Å². The minimum Gasteiger partial charge on any atom is -0.480 e. The number of pyridine rings is 2. The quantitative estimate of drug-likeness (QED) is 0.0205. The summed E-state index contributed by atoms with van der Waals surface area (Å²) in [5.41, 5.74) is 32.4. The Morgan fingerprint density at radius 2 is 0.851 bits per heavy atom. The molecule has 7 atom stereocenters. The maximum Gasteiger partial charge on any atom is 0.326 e. The van der Waals surface area contributed by atoms with Crippen LogP contribution in [0.5, 0.6) is 0 Å². The standard InChI is InChI=1S/C65H95N19O10/c66-29-13-7-25-50(70)59(87)79-54(37-45-19-3-1-4-20-45)63(91)77-51(26-8-14-30-67)60(88)73-41-58(86)76-56(39-49-44-84(82-81-49)36-35-83(42-47-23-11-17-33-71-47)43-48-24-12-18-34-72-48)61(89)74-40-57(85)75-52(27-9-15-31-68)62(90)80-55(38-46-21-5-2-6-22-46)64(92)78-53(65(93)94)28-10-16-32-69/h1-6,11-12,17-24,33-34,44,50-56H,7-10,13-16,25-32,35-43,66-70H2,(H,73,88)(H,74,89)(H,75,85)(H,76,86)(H,77,91)(H,78,92)(H,79,87)(H,80,90)(H,93,94)/t50-,51-,52-,53-,54-,55-,56-/m0/s1. The zero-order chi connectivity index (χ0) is 67.9. The number of benzene rings is 2. The molecule has 2 aromatic carbocycles. The van der Waals surface area contributed by atoms with Crippen LogP contribution in [0.25, 0.3) is 0 Å². The van der Waals surface area contributed by atoms with Gasteiger partial charge in [0, 0.05) is 57.5 Å². The number of hydrogen-bond donors (Lipinski definition) is 14. The van der Waals surface area contributed by atoms with Crippen LogP contribution in [0.1, 0.15) is 105 Å². The molecule has 19 N–H and O–H groups in total. The zero-order valence-corrected chi connectivity index (χ0v) is 53.4. The van der Waals surface area contributed by atoms with E-state index in [1.807, 2.05) is 42.5 Å². The molecule has 0 bridgehead atoms. The van der Waals surface area contributed by atoms with Crippen LogP contribution in [-0.4, -0.2) is 176 Å². The predicted molar refractivity (Wildman–Crippen MR) is 351 cm³/mol. The van der Waals surface area contributed by atoms with Crippen molar-refractivity contribution in [2.75, 3.05) is 45.8 Å². The van der Waals surface area contributed by atoms with Crippen LogP contribution in [0.15, 0.2) is 116 Å². The molecular formula is C65H95N19O10. The van der Waals surface area contributed by atoms with E-state index in [0.717, 1.165) is 17.0 Å². The fraction of sp³-hybridized carbons (Fsp3) is 0.492. The smallest absolute Gasteiger partial charge is 0.326 e. The third-order valence-corrected chi connectivity index (χ3v) is 15.2. The summed E-state index contributed by atoms with van der Waals surface area (Å²) in [4.78, 5) is 135. The van der Waals surface area contributed by atoms with Gasteiger partial charge in [0.1, 0.15) is 36.3 Å². The molecule has 8 amide bonds. The molecule has 0 aliphatic heterocycles. The Hall–Kier alpha value is -9.13. The van der Waals surface area contributed by atoms with E-state index in [1.165, 1.54) is 0 Å². The number of nitrogens with two attached hydrogens (primary N) is 5. The van der Waals surface area contributed by atoms with Crippen molar-refractivity contribution in [2.24, 2.45) is 28.7 Å². The lowest BCUT2D eigenvalue weighted by molar-refractivity contribution is -0.142. The van der Waals surface area contributed by atoms with E-state index >= 15 is 0 Å². The van der Waals surface area contributed by atoms with Gasteiger partial charge in [0.25, 0.3) is 0 Å². The van der Waals surface area contributed by atoms with Gasteiger partial charge in [-0.2, -0.15) is 0 Å². The molecule has 0 radical (unpaired) electrons. The summed E-state index contributed by atoms with van der Waals surface area (Å²) in [5, 5.41) is 39.8. The van der Waals surface area contributed by atoms with Crippen molar-refractivity contribution in [1.29, 1.82) is 0 Å². The first-order chi connectivity index (χ1) is 45.5. The zero-order valence-electron chi connectivity index (χ0n) is 53.4. The first-order valence-corrected chi connectivity index (χ1v) is 32.1. The van der Waals surface area contributed by atoms with Gasteiger partial charge in [-0.25, -0.2) is 4.79 Å². The number of amides is 8. The van der Waals surface area contributed by atoms with Crippen molar-refractivity contribution in [1.82, 2.24) is 72.4 Å². The molecule has 0 fully saturated rings. The van der Waals surface area contributed by atoms with Gasteiger partial charge < -0.3 is 76.3 Å². The monoisotopic (exact) mass is 1300 g/mol.